The van der Waals surface area contributed by atoms with Crippen molar-refractivity contribution in [2.75, 3.05) is 13.2 Å². The highest BCUT2D eigenvalue weighted by molar-refractivity contribution is 5.91. The smallest absolute Gasteiger partial charge is 0.334 e. The first-order valence-electron chi connectivity index (χ1n) is 11.5. The average Bonchev–Trinajstić information content (AvgIpc) is 3.22. The second-order valence-corrected chi connectivity index (χ2v) is 10.0. The van der Waals surface area contributed by atoms with Crippen LogP contribution in [0, 0.1) is 17.8 Å². The van der Waals surface area contributed by atoms with Crippen LogP contribution in [0.25, 0.3) is 0 Å². The first kappa shape index (κ1) is 24.0. The van der Waals surface area contributed by atoms with Crippen molar-refractivity contribution < 1.29 is 23.7 Å². The molecular formula is C26H38O5. The van der Waals surface area contributed by atoms with E-state index in [2.05, 4.69) is 33.8 Å². The van der Waals surface area contributed by atoms with Gasteiger partial charge < -0.3 is 18.9 Å². The molecule has 0 radical (unpaired) electrons. The molecule has 0 amide bonds. The molecule has 2 aliphatic heterocycles. The highest BCUT2D eigenvalue weighted by Crippen LogP contribution is 2.41. The number of hydrogen-bond donors (Lipinski definition) is 0. The summed E-state index contributed by atoms with van der Waals surface area (Å²) in [6, 6.07) is 10.0. The maximum atomic E-state index is 12.9. The lowest BCUT2D eigenvalue weighted by Crippen LogP contribution is -2.48. The van der Waals surface area contributed by atoms with Gasteiger partial charge in [0.25, 0.3) is 0 Å². The van der Waals surface area contributed by atoms with Gasteiger partial charge in [-0.1, -0.05) is 64.1 Å². The Kier molecular flexibility index (Phi) is 7.61. The van der Waals surface area contributed by atoms with Crippen LogP contribution >= 0.6 is 0 Å². The van der Waals surface area contributed by atoms with Crippen LogP contribution in [-0.4, -0.2) is 36.7 Å². The Labute approximate surface area is 187 Å². The Hall–Kier alpha value is -1.69. The summed E-state index contributed by atoms with van der Waals surface area (Å²) in [6.07, 6.45) is 3.06. The number of esters is 1. The first-order valence-corrected chi connectivity index (χ1v) is 11.5. The van der Waals surface area contributed by atoms with E-state index in [9.17, 15) is 4.79 Å². The summed E-state index contributed by atoms with van der Waals surface area (Å²) in [5.41, 5.74) is 0.942. The number of ether oxygens (including phenoxy) is 4. The molecule has 1 aromatic carbocycles. The van der Waals surface area contributed by atoms with Crippen LogP contribution in [0.15, 0.2) is 42.0 Å². The molecule has 0 N–H and O–H groups in total. The second kappa shape index (κ2) is 9.85. The molecule has 3 rings (SSSR count). The van der Waals surface area contributed by atoms with Crippen molar-refractivity contribution in [3.63, 3.8) is 0 Å². The van der Waals surface area contributed by atoms with Crippen LogP contribution in [0.3, 0.4) is 0 Å². The fourth-order valence-corrected chi connectivity index (χ4v) is 4.64. The van der Waals surface area contributed by atoms with E-state index >= 15 is 0 Å². The van der Waals surface area contributed by atoms with Crippen molar-refractivity contribution in [3.05, 3.63) is 47.5 Å². The number of allylic oxidation sites excluding steroid dienone is 1. The van der Waals surface area contributed by atoms with Gasteiger partial charge in [0.05, 0.1) is 19.8 Å². The Morgan fingerprint density at radius 3 is 2.39 bits per heavy atom. The Balaban J connectivity index is 1.75. The van der Waals surface area contributed by atoms with Crippen LogP contribution in [0.5, 0.6) is 0 Å². The number of cyclic esters (lactones) is 1. The average molecular weight is 431 g/mol. The second-order valence-electron chi connectivity index (χ2n) is 10.0. The third kappa shape index (κ3) is 5.97. The van der Waals surface area contributed by atoms with E-state index in [1.165, 1.54) is 0 Å². The number of benzene rings is 1. The third-order valence-electron chi connectivity index (χ3n) is 6.45. The summed E-state index contributed by atoms with van der Waals surface area (Å²) in [5, 5.41) is 0. The summed E-state index contributed by atoms with van der Waals surface area (Å²) in [5.74, 6) is 0.676. The van der Waals surface area contributed by atoms with Gasteiger partial charge >= 0.3 is 5.97 Å². The minimum Gasteiger partial charge on any atom is -0.450 e. The van der Waals surface area contributed by atoms with Crippen molar-refractivity contribution >= 4 is 5.97 Å². The van der Waals surface area contributed by atoms with Gasteiger partial charge in [0, 0.05) is 12.0 Å². The van der Waals surface area contributed by atoms with Gasteiger partial charge in [-0.3, -0.25) is 0 Å². The first-order chi connectivity index (χ1) is 14.6. The number of rotatable bonds is 9. The molecular weight excluding hydrogens is 392 g/mol. The summed E-state index contributed by atoms with van der Waals surface area (Å²) in [6.45, 7) is 13.8. The molecule has 0 spiro atoms. The normalized spacial score (nSPS) is 27.1. The molecule has 5 heteroatoms. The molecule has 2 atom stereocenters. The molecule has 0 bridgehead atoms. The van der Waals surface area contributed by atoms with Crippen LogP contribution in [0.4, 0.5) is 0 Å². The molecule has 0 saturated carbocycles. The van der Waals surface area contributed by atoms with E-state index in [4.69, 9.17) is 18.9 Å². The van der Waals surface area contributed by atoms with E-state index in [0.29, 0.717) is 37.4 Å². The van der Waals surface area contributed by atoms with Gasteiger partial charge in [-0.15, -0.1) is 0 Å². The van der Waals surface area contributed by atoms with E-state index < -0.39 is 11.4 Å². The molecule has 31 heavy (non-hydrogen) atoms. The number of carbonyl (C=O) groups is 1. The van der Waals surface area contributed by atoms with Gasteiger partial charge in [0.15, 0.2) is 11.4 Å². The van der Waals surface area contributed by atoms with Crippen molar-refractivity contribution in [2.45, 2.75) is 78.5 Å². The van der Waals surface area contributed by atoms with E-state index in [-0.39, 0.29) is 18.7 Å². The maximum absolute atomic E-state index is 12.9. The predicted molar refractivity (Wildman–Crippen MR) is 120 cm³/mol. The van der Waals surface area contributed by atoms with Crippen molar-refractivity contribution in [1.82, 2.24) is 0 Å². The molecule has 0 aromatic heterocycles. The van der Waals surface area contributed by atoms with E-state index in [0.717, 1.165) is 17.6 Å². The molecule has 0 aliphatic carbocycles. The van der Waals surface area contributed by atoms with Gasteiger partial charge in [0.1, 0.15) is 6.10 Å². The fraction of sp³-hybridized carbons (Fsp3) is 0.654. The molecule has 2 heterocycles. The SMILES string of the molecule is CC(C)C(C/C=C1/C[C@@](COCc2ccccc2)([C@@H]2COC(C)(C)O2)OC1=O)C(C)C. The van der Waals surface area contributed by atoms with E-state index in [1.807, 2.05) is 44.2 Å². The highest BCUT2D eigenvalue weighted by Gasteiger charge is 2.54. The molecule has 2 fully saturated rings. The van der Waals surface area contributed by atoms with Crippen molar-refractivity contribution in [3.8, 4) is 0 Å². The number of hydrogen-bond acceptors (Lipinski definition) is 5. The summed E-state index contributed by atoms with van der Waals surface area (Å²) >= 11 is 0. The quantitative estimate of drug-likeness (QED) is 0.394. The van der Waals surface area contributed by atoms with Gasteiger partial charge in [-0.2, -0.15) is 0 Å². The molecule has 1 aromatic rings. The van der Waals surface area contributed by atoms with Crippen LogP contribution < -0.4 is 0 Å². The lowest BCUT2D eigenvalue weighted by atomic mass is 9.82. The third-order valence-corrected chi connectivity index (χ3v) is 6.45. The Morgan fingerprint density at radius 1 is 1.13 bits per heavy atom. The van der Waals surface area contributed by atoms with Crippen LogP contribution in [-0.2, 0) is 30.3 Å². The van der Waals surface area contributed by atoms with Crippen LogP contribution in [0.2, 0.25) is 0 Å². The van der Waals surface area contributed by atoms with Crippen LogP contribution in [0.1, 0.15) is 59.9 Å². The highest BCUT2D eigenvalue weighted by atomic mass is 16.8. The van der Waals surface area contributed by atoms with E-state index in [1.54, 1.807) is 0 Å². The maximum Gasteiger partial charge on any atom is 0.334 e. The largest absolute Gasteiger partial charge is 0.450 e. The zero-order chi connectivity index (χ0) is 22.6. The standard InChI is InChI=1S/C26H38O5/c1-18(2)22(19(3)4)13-12-21-14-26(31-24(21)27,23-16-29-25(5,6)30-23)17-28-15-20-10-8-7-9-11-20/h7-12,18-19,22-23H,13-17H2,1-6H3/b21-12-/t23-,26+/m0/s1. The van der Waals surface area contributed by atoms with Crippen molar-refractivity contribution in [1.29, 1.82) is 0 Å². The molecule has 2 saturated heterocycles. The molecule has 0 unspecified atom stereocenters. The Bertz CT molecular complexity index is 759. The molecule has 172 valence electrons. The molecule has 2 aliphatic rings. The fourth-order valence-electron chi connectivity index (χ4n) is 4.64. The van der Waals surface area contributed by atoms with Gasteiger partial charge in [0.2, 0.25) is 0 Å². The minimum atomic E-state index is -0.864. The summed E-state index contributed by atoms with van der Waals surface area (Å²) in [7, 11) is 0. The minimum absolute atomic E-state index is 0.261. The molecule has 5 nitrogen and oxygen atoms in total. The zero-order valence-corrected chi connectivity index (χ0v) is 19.9. The van der Waals surface area contributed by atoms with Gasteiger partial charge in [-0.05, 0) is 43.6 Å². The monoisotopic (exact) mass is 430 g/mol. The predicted octanol–water partition coefficient (Wildman–Crippen LogP) is 5.29. The lowest BCUT2D eigenvalue weighted by Gasteiger charge is -2.32. The lowest BCUT2D eigenvalue weighted by molar-refractivity contribution is -0.192. The Morgan fingerprint density at radius 2 is 1.81 bits per heavy atom. The van der Waals surface area contributed by atoms with Crippen molar-refractivity contribution in [2.24, 2.45) is 17.8 Å². The number of carbonyl (C=O) groups excluding carboxylic acids is 1. The summed E-state index contributed by atoms with van der Waals surface area (Å²) in [4.78, 5) is 12.9. The topological polar surface area (TPSA) is 54.0 Å². The van der Waals surface area contributed by atoms with Gasteiger partial charge in [-0.25, -0.2) is 4.79 Å². The zero-order valence-electron chi connectivity index (χ0n) is 19.9. The summed E-state index contributed by atoms with van der Waals surface area (Å²) < 4.78 is 24.0.